The lowest BCUT2D eigenvalue weighted by molar-refractivity contribution is 0.570. The van der Waals surface area contributed by atoms with E-state index in [0.717, 1.165) is 25.0 Å². The standard InChI is InChI=1S/C16H29N3S/c1-11(2)8-9-19(14-6-7-14)16-18-13(5)15(20-16)10-17-12(3)4/h11-12,14,17H,6-10H2,1-5H3. The zero-order chi connectivity index (χ0) is 14.7. The highest BCUT2D eigenvalue weighted by molar-refractivity contribution is 7.15. The third kappa shape index (κ3) is 4.45. The molecule has 0 amide bonds. The number of anilines is 1. The largest absolute Gasteiger partial charge is 0.345 e. The fraction of sp³-hybridized carbons (Fsp3) is 0.812. The van der Waals surface area contributed by atoms with E-state index in [1.54, 1.807) is 0 Å². The summed E-state index contributed by atoms with van der Waals surface area (Å²) in [5.74, 6) is 0.763. The van der Waals surface area contributed by atoms with Crippen LogP contribution >= 0.6 is 11.3 Å². The van der Waals surface area contributed by atoms with Gasteiger partial charge in [0.15, 0.2) is 5.13 Å². The summed E-state index contributed by atoms with van der Waals surface area (Å²) in [7, 11) is 0. The maximum absolute atomic E-state index is 4.83. The number of hydrogen-bond acceptors (Lipinski definition) is 4. The van der Waals surface area contributed by atoms with Gasteiger partial charge in [0.2, 0.25) is 0 Å². The Morgan fingerprint density at radius 1 is 1.30 bits per heavy atom. The molecule has 1 heterocycles. The van der Waals surface area contributed by atoms with Gasteiger partial charge in [-0.05, 0) is 32.1 Å². The molecule has 1 aromatic heterocycles. The van der Waals surface area contributed by atoms with Gasteiger partial charge in [0, 0.05) is 30.1 Å². The Hall–Kier alpha value is -0.610. The van der Waals surface area contributed by atoms with Gasteiger partial charge in [-0.3, -0.25) is 0 Å². The van der Waals surface area contributed by atoms with E-state index in [0.29, 0.717) is 6.04 Å². The van der Waals surface area contributed by atoms with Crippen molar-refractivity contribution in [1.82, 2.24) is 10.3 Å². The molecule has 0 saturated heterocycles. The van der Waals surface area contributed by atoms with Crippen LogP contribution < -0.4 is 10.2 Å². The Morgan fingerprint density at radius 2 is 2.00 bits per heavy atom. The van der Waals surface area contributed by atoms with Crippen LogP contribution in [0.2, 0.25) is 0 Å². The number of aromatic nitrogens is 1. The molecule has 0 spiro atoms. The number of nitrogens with zero attached hydrogens (tertiary/aromatic N) is 2. The highest BCUT2D eigenvalue weighted by Gasteiger charge is 2.31. The first kappa shape index (κ1) is 15.8. The molecule has 0 atom stereocenters. The lowest BCUT2D eigenvalue weighted by Gasteiger charge is -2.22. The molecular formula is C16H29N3S. The highest BCUT2D eigenvalue weighted by atomic mass is 32.1. The van der Waals surface area contributed by atoms with Crippen LogP contribution in [0, 0.1) is 12.8 Å². The van der Waals surface area contributed by atoms with Gasteiger partial charge in [-0.25, -0.2) is 4.98 Å². The highest BCUT2D eigenvalue weighted by Crippen LogP contribution is 2.35. The molecule has 4 heteroatoms. The first-order chi connectivity index (χ1) is 9.47. The molecule has 0 bridgehead atoms. The summed E-state index contributed by atoms with van der Waals surface area (Å²) < 4.78 is 0. The SMILES string of the molecule is Cc1nc(N(CCC(C)C)C2CC2)sc1CNC(C)C. The Bertz CT molecular complexity index is 421. The summed E-state index contributed by atoms with van der Waals surface area (Å²) in [6.45, 7) is 13.2. The van der Waals surface area contributed by atoms with Crippen molar-refractivity contribution in [3.8, 4) is 0 Å². The second kappa shape index (κ2) is 6.90. The normalized spacial score (nSPS) is 15.3. The van der Waals surface area contributed by atoms with Gasteiger partial charge in [-0.15, -0.1) is 11.3 Å². The second-order valence-corrected chi connectivity index (χ2v) is 7.71. The van der Waals surface area contributed by atoms with Gasteiger partial charge in [-0.2, -0.15) is 0 Å². The number of hydrogen-bond donors (Lipinski definition) is 1. The second-order valence-electron chi connectivity index (χ2n) is 6.65. The van der Waals surface area contributed by atoms with Crippen LogP contribution in [0.3, 0.4) is 0 Å². The first-order valence-corrected chi connectivity index (χ1v) is 8.75. The average molecular weight is 295 g/mol. The van der Waals surface area contributed by atoms with E-state index in [2.05, 4.69) is 44.8 Å². The number of rotatable bonds is 8. The van der Waals surface area contributed by atoms with Gasteiger partial charge in [-0.1, -0.05) is 27.7 Å². The molecule has 1 aliphatic rings. The zero-order valence-corrected chi connectivity index (χ0v) is 14.4. The smallest absolute Gasteiger partial charge is 0.186 e. The molecule has 0 unspecified atom stereocenters. The summed E-state index contributed by atoms with van der Waals surface area (Å²) in [6, 6.07) is 1.28. The van der Waals surface area contributed by atoms with Crippen molar-refractivity contribution in [2.24, 2.45) is 5.92 Å². The van der Waals surface area contributed by atoms with E-state index in [-0.39, 0.29) is 0 Å². The van der Waals surface area contributed by atoms with E-state index in [9.17, 15) is 0 Å². The summed E-state index contributed by atoms with van der Waals surface area (Å²) in [4.78, 5) is 8.78. The Balaban J connectivity index is 2.03. The fourth-order valence-electron chi connectivity index (χ4n) is 2.21. The Labute approximate surface area is 127 Å². The van der Waals surface area contributed by atoms with Gasteiger partial charge >= 0.3 is 0 Å². The monoisotopic (exact) mass is 295 g/mol. The van der Waals surface area contributed by atoms with Crippen molar-refractivity contribution >= 4 is 16.5 Å². The van der Waals surface area contributed by atoms with Crippen LogP contribution in [0.4, 0.5) is 5.13 Å². The Morgan fingerprint density at radius 3 is 2.55 bits per heavy atom. The van der Waals surface area contributed by atoms with Crippen molar-refractivity contribution in [1.29, 1.82) is 0 Å². The van der Waals surface area contributed by atoms with Crippen molar-refractivity contribution in [2.75, 3.05) is 11.4 Å². The molecule has 114 valence electrons. The van der Waals surface area contributed by atoms with Gasteiger partial charge in [0.1, 0.15) is 0 Å². The Kier molecular flexibility index (Phi) is 5.44. The van der Waals surface area contributed by atoms with E-state index in [1.807, 2.05) is 11.3 Å². The first-order valence-electron chi connectivity index (χ1n) is 7.93. The number of thiazole rings is 1. The summed E-state index contributed by atoms with van der Waals surface area (Å²) in [6.07, 6.45) is 3.95. The maximum atomic E-state index is 4.83. The van der Waals surface area contributed by atoms with Crippen LogP contribution in [0.15, 0.2) is 0 Å². The van der Waals surface area contributed by atoms with E-state index >= 15 is 0 Å². The molecule has 1 aliphatic carbocycles. The predicted octanol–water partition coefficient (Wildman–Crippen LogP) is 3.96. The van der Waals surface area contributed by atoms with Crippen molar-refractivity contribution < 1.29 is 0 Å². The van der Waals surface area contributed by atoms with Crippen LogP contribution in [0.5, 0.6) is 0 Å². The molecule has 1 fully saturated rings. The lowest BCUT2D eigenvalue weighted by atomic mass is 10.1. The molecular weight excluding hydrogens is 266 g/mol. The van der Waals surface area contributed by atoms with Crippen molar-refractivity contribution in [3.05, 3.63) is 10.6 Å². The average Bonchev–Trinajstić information content (AvgIpc) is 3.11. The summed E-state index contributed by atoms with van der Waals surface area (Å²) in [5, 5.41) is 4.74. The summed E-state index contributed by atoms with van der Waals surface area (Å²) in [5.41, 5.74) is 1.20. The maximum Gasteiger partial charge on any atom is 0.186 e. The fourth-order valence-corrected chi connectivity index (χ4v) is 3.32. The van der Waals surface area contributed by atoms with Crippen LogP contribution in [0.25, 0.3) is 0 Å². The molecule has 2 rings (SSSR count). The van der Waals surface area contributed by atoms with Gasteiger partial charge in [0.05, 0.1) is 5.69 Å². The predicted molar refractivity (Wildman–Crippen MR) is 88.6 cm³/mol. The molecule has 20 heavy (non-hydrogen) atoms. The third-order valence-electron chi connectivity index (χ3n) is 3.73. The van der Waals surface area contributed by atoms with Crippen molar-refractivity contribution in [3.63, 3.8) is 0 Å². The quantitative estimate of drug-likeness (QED) is 0.786. The topological polar surface area (TPSA) is 28.2 Å². The molecule has 1 saturated carbocycles. The molecule has 1 N–H and O–H groups in total. The van der Waals surface area contributed by atoms with Crippen LogP contribution in [-0.2, 0) is 6.54 Å². The zero-order valence-electron chi connectivity index (χ0n) is 13.6. The van der Waals surface area contributed by atoms with Gasteiger partial charge < -0.3 is 10.2 Å². The van der Waals surface area contributed by atoms with Crippen LogP contribution in [0.1, 0.15) is 57.5 Å². The molecule has 0 aromatic carbocycles. The number of aryl methyl sites for hydroxylation is 1. The van der Waals surface area contributed by atoms with E-state index in [4.69, 9.17) is 4.98 Å². The minimum Gasteiger partial charge on any atom is -0.345 e. The molecule has 0 aliphatic heterocycles. The van der Waals surface area contributed by atoms with Crippen LogP contribution in [-0.4, -0.2) is 23.6 Å². The molecule has 3 nitrogen and oxygen atoms in total. The van der Waals surface area contributed by atoms with Gasteiger partial charge in [0.25, 0.3) is 0 Å². The minimum atomic E-state index is 0.528. The summed E-state index contributed by atoms with van der Waals surface area (Å²) >= 11 is 1.88. The molecule has 0 radical (unpaired) electrons. The van der Waals surface area contributed by atoms with Crippen molar-refractivity contribution in [2.45, 2.75) is 72.5 Å². The lowest BCUT2D eigenvalue weighted by Crippen LogP contribution is -2.27. The van der Waals surface area contributed by atoms with E-state index < -0.39 is 0 Å². The third-order valence-corrected chi connectivity index (χ3v) is 4.93. The molecule has 1 aromatic rings. The minimum absolute atomic E-state index is 0.528. The number of nitrogens with one attached hydrogen (secondary N) is 1. The van der Waals surface area contributed by atoms with E-state index in [1.165, 1.54) is 35.0 Å².